The summed E-state index contributed by atoms with van der Waals surface area (Å²) in [7, 11) is 3.20. The maximum absolute atomic E-state index is 6.29. The fraction of sp³-hybridized carbons (Fsp3) is 0.400. The molecule has 1 unspecified atom stereocenters. The van der Waals surface area contributed by atoms with Crippen LogP contribution >= 0.6 is 22.9 Å². The summed E-state index contributed by atoms with van der Waals surface area (Å²) in [5.74, 6) is 1.20. The summed E-state index contributed by atoms with van der Waals surface area (Å²) >= 11 is 7.95. The van der Waals surface area contributed by atoms with Gasteiger partial charge in [0.2, 0.25) is 0 Å². The van der Waals surface area contributed by atoms with E-state index in [1.165, 1.54) is 0 Å². The van der Waals surface area contributed by atoms with Gasteiger partial charge in [0.25, 0.3) is 0 Å². The highest BCUT2D eigenvalue weighted by Gasteiger charge is 2.18. The molecule has 1 atom stereocenters. The summed E-state index contributed by atoms with van der Waals surface area (Å²) < 4.78 is 10.7. The smallest absolute Gasteiger partial charge is 0.179 e. The van der Waals surface area contributed by atoms with E-state index < -0.39 is 0 Å². The molecular weight excluding hydrogens is 308 g/mol. The third kappa shape index (κ3) is 3.87. The fourth-order valence-corrected chi connectivity index (χ4v) is 3.18. The highest BCUT2D eigenvalue weighted by Crippen LogP contribution is 2.38. The molecule has 0 spiro atoms. The lowest BCUT2D eigenvalue weighted by atomic mass is 10.0. The topological polar surface area (TPSA) is 43.4 Å². The van der Waals surface area contributed by atoms with E-state index >= 15 is 0 Å². The van der Waals surface area contributed by atoms with E-state index in [0.29, 0.717) is 16.5 Å². The van der Waals surface area contributed by atoms with E-state index in [9.17, 15) is 0 Å². The number of nitrogens with one attached hydrogen (secondary N) is 1. The Labute approximate surface area is 134 Å². The molecule has 2 aromatic rings. The van der Waals surface area contributed by atoms with Crippen molar-refractivity contribution in [3.8, 4) is 11.5 Å². The molecule has 1 aromatic carbocycles. The maximum Gasteiger partial charge on any atom is 0.179 e. The molecule has 0 aliphatic carbocycles. The molecule has 0 radical (unpaired) electrons. The van der Waals surface area contributed by atoms with Gasteiger partial charge in [-0.05, 0) is 24.2 Å². The van der Waals surface area contributed by atoms with Crippen LogP contribution in [-0.2, 0) is 6.42 Å². The quantitative estimate of drug-likeness (QED) is 0.842. The highest BCUT2D eigenvalue weighted by molar-refractivity contribution is 7.09. The predicted octanol–water partition coefficient (Wildman–Crippen LogP) is 3.71. The molecule has 1 aromatic heterocycles. The molecule has 6 heteroatoms. The van der Waals surface area contributed by atoms with Crippen LogP contribution in [0.4, 0.5) is 0 Å². The molecule has 0 aliphatic rings. The Hall–Kier alpha value is -1.30. The Balaban J connectivity index is 2.33. The van der Waals surface area contributed by atoms with Gasteiger partial charge in [-0.2, -0.15) is 0 Å². The largest absolute Gasteiger partial charge is 0.493 e. The summed E-state index contributed by atoms with van der Waals surface area (Å²) in [5.41, 5.74) is 1.06. The summed E-state index contributed by atoms with van der Waals surface area (Å²) in [6.07, 6.45) is 2.64. The second-order valence-electron chi connectivity index (χ2n) is 4.48. The van der Waals surface area contributed by atoms with Gasteiger partial charge in [-0.3, -0.25) is 0 Å². The number of halogens is 1. The molecule has 2 rings (SSSR count). The SMILES string of the molecule is CCNC(Cc1nccs1)c1cc(Cl)c(OC)c(OC)c1. The molecule has 4 nitrogen and oxygen atoms in total. The highest BCUT2D eigenvalue weighted by atomic mass is 35.5. The van der Waals surface area contributed by atoms with Gasteiger partial charge in [0, 0.05) is 24.0 Å². The Morgan fingerprint density at radius 3 is 2.71 bits per heavy atom. The second-order valence-corrected chi connectivity index (χ2v) is 5.86. The van der Waals surface area contributed by atoms with Crippen LogP contribution in [0.1, 0.15) is 23.5 Å². The molecule has 21 heavy (non-hydrogen) atoms. The minimum atomic E-state index is 0.137. The van der Waals surface area contributed by atoms with Crippen molar-refractivity contribution in [1.29, 1.82) is 0 Å². The zero-order valence-electron chi connectivity index (χ0n) is 12.4. The van der Waals surface area contributed by atoms with Crippen molar-refractivity contribution in [2.75, 3.05) is 20.8 Å². The second kappa shape index (κ2) is 7.64. The van der Waals surface area contributed by atoms with Crippen LogP contribution in [0, 0.1) is 0 Å². The van der Waals surface area contributed by atoms with Crippen LogP contribution in [0.5, 0.6) is 11.5 Å². The Kier molecular flexibility index (Phi) is 5.85. The van der Waals surface area contributed by atoms with Gasteiger partial charge in [-0.25, -0.2) is 4.98 Å². The Morgan fingerprint density at radius 1 is 1.33 bits per heavy atom. The minimum Gasteiger partial charge on any atom is -0.493 e. The van der Waals surface area contributed by atoms with Gasteiger partial charge < -0.3 is 14.8 Å². The normalized spacial score (nSPS) is 12.2. The molecule has 0 aliphatic heterocycles. The summed E-state index contributed by atoms with van der Waals surface area (Å²) in [5, 5.41) is 7.09. The first kappa shape index (κ1) is 16.1. The summed E-state index contributed by atoms with van der Waals surface area (Å²) in [6.45, 7) is 2.94. The van der Waals surface area contributed by atoms with Gasteiger partial charge in [0.05, 0.1) is 24.2 Å². The number of thiazole rings is 1. The zero-order valence-corrected chi connectivity index (χ0v) is 13.9. The molecule has 0 amide bonds. The van der Waals surface area contributed by atoms with E-state index in [2.05, 4.69) is 17.2 Å². The monoisotopic (exact) mass is 326 g/mol. The van der Waals surface area contributed by atoms with E-state index in [0.717, 1.165) is 23.5 Å². The number of likely N-dealkylation sites (N-methyl/N-ethyl adjacent to an activating group) is 1. The number of nitrogens with zero attached hydrogens (tertiary/aromatic N) is 1. The average Bonchev–Trinajstić information content (AvgIpc) is 2.99. The number of methoxy groups -OCH3 is 2. The maximum atomic E-state index is 6.29. The lowest BCUT2D eigenvalue weighted by molar-refractivity contribution is 0.354. The first-order valence-electron chi connectivity index (χ1n) is 6.72. The van der Waals surface area contributed by atoms with Gasteiger partial charge in [0.15, 0.2) is 11.5 Å². The standard InChI is InChI=1S/C15H19ClN2O2S/c1-4-17-12(9-14-18-5-6-21-14)10-7-11(16)15(20-3)13(8-10)19-2/h5-8,12,17H,4,9H2,1-3H3. The molecule has 0 saturated carbocycles. The number of hydrogen-bond acceptors (Lipinski definition) is 5. The summed E-state index contributed by atoms with van der Waals surface area (Å²) in [6, 6.07) is 4.02. The van der Waals surface area contributed by atoms with Crippen LogP contribution in [0.3, 0.4) is 0 Å². The van der Waals surface area contributed by atoms with E-state index in [1.807, 2.05) is 23.7 Å². The Morgan fingerprint density at radius 2 is 2.14 bits per heavy atom. The molecule has 1 N–H and O–H groups in total. The first-order valence-corrected chi connectivity index (χ1v) is 7.98. The number of ether oxygens (including phenoxy) is 2. The van der Waals surface area contributed by atoms with Crippen LogP contribution in [0.2, 0.25) is 5.02 Å². The number of aromatic nitrogens is 1. The number of rotatable bonds is 7. The van der Waals surface area contributed by atoms with Gasteiger partial charge >= 0.3 is 0 Å². The molecule has 1 heterocycles. The molecule has 0 saturated heterocycles. The first-order chi connectivity index (χ1) is 10.2. The van der Waals surface area contributed by atoms with Crippen molar-refractivity contribution in [2.45, 2.75) is 19.4 Å². The van der Waals surface area contributed by atoms with Crippen LogP contribution < -0.4 is 14.8 Å². The van der Waals surface area contributed by atoms with Crippen molar-refractivity contribution < 1.29 is 9.47 Å². The third-order valence-corrected chi connectivity index (χ3v) is 4.25. The molecule has 0 fully saturated rings. The van der Waals surface area contributed by atoms with Gasteiger partial charge in [0.1, 0.15) is 0 Å². The zero-order chi connectivity index (χ0) is 15.2. The van der Waals surface area contributed by atoms with Crippen molar-refractivity contribution in [2.24, 2.45) is 0 Å². The van der Waals surface area contributed by atoms with Gasteiger partial charge in [-0.15, -0.1) is 11.3 Å². The van der Waals surface area contributed by atoms with Crippen molar-refractivity contribution in [3.05, 3.63) is 39.3 Å². The van der Waals surface area contributed by atoms with Crippen molar-refractivity contribution >= 4 is 22.9 Å². The predicted molar refractivity (Wildman–Crippen MR) is 86.8 cm³/mol. The lowest BCUT2D eigenvalue weighted by Crippen LogP contribution is -2.23. The average molecular weight is 327 g/mol. The molecule has 0 bridgehead atoms. The summed E-state index contributed by atoms with van der Waals surface area (Å²) in [4.78, 5) is 4.35. The van der Waals surface area contributed by atoms with Crippen molar-refractivity contribution in [3.63, 3.8) is 0 Å². The number of hydrogen-bond donors (Lipinski definition) is 1. The third-order valence-electron chi connectivity index (χ3n) is 3.17. The van der Waals surface area contributed by atoms with Crippen LogP contribution in [-0.4, -0.2) is 25.7 Å². The van der Waals surface area contributed by atoms with E-state index in [4.69, 9.17) is 21.1 Å². The minimum absolute atomic E-state index is 0.137. The van der Waals surface area contributed by atoms with Crippen LogP contribution in [0.15, 0.2) is 23.7 Å². The van der Waals surface area contributed by atoms with Gasteiger partial charge in [-0.1, -0.05) is 18.5 Å². The molecular formula is C15H19ClN2O2S. The van der Waals surface area contributed by atoms with Crippen LogP contribution in [0.25, 0.3) is 0 Å². The fourth-order valence-electron chi connectivity index (χ4n) is 2.22. The van der Waals surface area contributed by atoms with E-state index in [-0.39, 0.29) is 6.04 Å². The Bertz CT molecular complexity index is 575. The number of benzene rings is 1. The van der Waals surface area contributed by atoms with E-state index in [1.54, 1.807) is 25.6 Å². The molecule has 114 valence electrons. The lowest BCUT2D eigenvalue weighted by Gasteiger charge is -2.19. The van der Waals surface area contributed by atoms with Crippen molar-refractivity contribution in [1.82, 2.24) is 10.3 Å².